The zero-order chi connectivity index (χ0) is 22.8. The molecule has 166 valence electrons. The summed E-state index contributed by atoms with van der Waals surface area (Å²) in [4.78, 5) is 22.6. The molecule has 0 atom stereocenters. The zero-order valence-corrected chi connectivity index (χ0v) is 18.6. The molecule has 0 bridgehead atoms. The summed E-state index contributed by atoms with van der Waals surface area (Å²) < 4.78 is 16.6. The minimum atomic E-state index is -0.591. The lowest BCUT2D eigenvalue weighted by atomic mass is 10.1. The first-order valence-electron chi connectivity index (χ1n) is 10.5. The summed E-state index contributed by atoms with van der Waals surface area (Å²) >= 11 is 0. The van der Waals surface area contributed by atoms with Gasteiger partial charge in [0, 0.05) is 29.7 Å². The lowest BCUT2D eigenvalue weighted by Gasteiger charge is -2.11. The first kappa shape index (κ1) is 21.6. The average molecular weight is 436 g/mol. The number of nitrogens with zero attached hydrogens (tertiary/aromatic N) is 5. The van der Waals surface area contributed by atoms with E-state index in [-0.39, 0.29) is 11.6 Å². The summed E-state index contributed by atoms with van der Waals surface area (Å²) in [6.45, 7) is 4.89. The predicted molar refractivity (Wildman–Crippen MR) is 122 cm³/mol. The smallest absolute Gasteiger partial charge is 0.259 e. The van der Waals surface area contributed by atoms with Crippen molar-refractivity contribution in [3.8, 4) is 11.5 Å². The fourth-order valence-electron chi connectivity index (χ4n) is 3.54. The Morgan fingerprint density at radius 3 is 2.84 bits per heavy atom. The zero-order valence-electron chi connectivity index (χ0n) is 18.6. The van der Waals surface area contributed by atoms with Crippen molar-refractivity contribution in [1.82, 2.24) is 29.6 Å². The summed E-state index contributed by atoms with van der Waals surface area (Å²) in [7, 11) is 4.00. The Balaban J connectivity index is 1.61. The molecule has 2 N–H and O–H groups in total. The van der Waals surface area contributed by atoms with Crippen molar-refractivity contribution in [2.45, 2.75) is 26.3 Å². The highest BCUT2D eigenvalue weighted by atomic mass is 19.1. The van der Waals surface area contributed by atoms with Crippen molar-refractivity contribution in [2.75, 3.05) is 26.0 Å². The van der Waals surface area contributed by atoms with Crippen LogP contribution in [0.1, 0.15) is 35.8 Å². The van der Waals surface area contributed by atoms with Gasteiger partial charge in [-0.25, -0.2) is 9.37 Å². The number of hydrogen-bond donors (Lipinski definition) is 2. The van der Waals surface area contributed by atoms with E-state index in [2.05, 4.69) is 30.4 Å². The van der Waals surface area contributed by atoms with Gasteiger partial charge in [0.2, 0.25) is 0 Å². The number of aromatic nitrogens is 5. The third-order valence-electron chi connectivity index (χ3n) is 5.28. The monoisotopic (exact) mass is 435 g/mol. The lowest BCUT2D eigenvalue weighted by molar-refractivity contribution is 0.102. The average Bonchev–Trinajstić information content (AvgIpc) is 3.39. The van der Waals surface area contributed by atoms with E-state index in [4.69, 9.17) is 0 Å². The van der Waals surface area contributed by atoms with Gasteiger partial charge in [0.05, 0.1) is 5.56 Å². The van der Waals surface area contributed by atoms with E-state index in [1.807, 2.05) is 38.7 Å². The summed E-state index contributed by atoms with van der Waals surface area (Å²) in [5.41, 5.74) is 2.25. The van der Waals surface area contributed by atoms with Gasteiger partial charge < -0.3 is 19.8 Å². The van der Waals surface area contributed by atoms with Crippen LogP contribution in [0.2, 0.25) is 0 Å². The first-order valence-corrected chi connectivity index (χ1v) is 10.5. The van der Waals surface area contributed by atoms with Gasteiger partial charge in [0.1, 0.15) is 23.7 Å². The van der Waals surface area contributed by atoms with Crippen LogP contribution in [0.25, 0.3) is 22.4 Å². The first-order chi connectivity index (χ1) is 15.3. The number of anilines is 1. The summed E-state index contributed by atoms with van der Waals surface area (Å²) in [5.74, 6) is -0.236. The van der Waals surface area contributed by atoms with Crippen molar-refractivity contribution in [3.63, 3.8) is 0 Å². The Bertz CT molecular complexity index is 1260. The molecule has 0 aliphatic carbocycles. The number of likely N-dealkylation sites (N-methyl/N-ethyl adjacent to an activating group) is 1. The fourth-order valence-corrected chi connectivity index (χ4v) is 3.54. The highest BCUT2D eigenvalue weighted by Crippen LogP contribution is 2.24. The number of pyridine rings is 1. The summed E-state index contributed by atoms with van der Waals surface area (Å²) in [6, 6.07) is 8.33. The van der Waals surface area contributed by atoms with Crippen LogP contribution in [0.5, 0.6) is 0 Å². The number of fused-ring (bicyclic) bond motifs is 1. The molecular formula is C23H26FN7O. The van der Waals surface area contributed by atoms with Crippen LogP contribution in [-0.2, 0) is 6.42 Å². The molecule has 0 unspecified atom stereocenters. The molecule has 0 saturated heterocycles. The van der Waals surface area contributed by atoms with E-state index in [9.17, 15) is 9.18 Å². The second-order valence-corrected chi connectivity index (χ2v) is 8.26. The van der Waals surface area contributed by atoms with Crippen LogP contribution in [0.3, 0.4) is 0 Å². The van der Waals surface area contributed by atoms with E-state index >= 15 is 0 Å². The molecule has 4 rings (SSSR count). The molecule has 0 aliphatic heterocycles. The van der Waals surface area contributed by atoms with Crippen molar-refractivity contribution in [2.24, 2.45) is 0 Å². The van der Waals surface area contributed by atoms with Crippen LogP contribution in [0.4, 0.5) is 10.2 Å². The minimum absolute atomic E-state index is 0.0271. The van der Waals surface area contributed by atoms with E-state index in [1.54, 1.807) is 30.6 Å². The molecule has 3 heterocycles. The number of hydrogen-bond acceptors (Lipinski definition) is 5. The molecule has 0 spiro atoms. The Kier molecular flexibility index (Phi) is 6.00. The lowest BCUT2D eigenvalue weighted by Crippen LogP contribution is -2.16. The number of amides is 1. The number of carbonyl (C=O) groups excluding carboxylic acids is 1. The number of benzene rings is 1. The Hall–Kier alpha value is -3.59. The van der Waals surface area contributed by atoms with Gasteiger partial charge >= 0.3 is 0 Å². The second-order valence-electron chi connectivity index (χ2n) is 8.26. The molecule has 32 heavy (non-hydrogen) atoms. The van der Waals surface area contributed by atoms with Crippen LogP contribution >= 0.6 is 0 Å². The third kappa shape index (κ3) is 4.38. The molecule has 4 aromatic rings. The predicted octanol–water partition coefficient (Wildman–Crippen LogP) is 3.90. The van der Waals surface area contributed by atoms with Crippen LogP contribution < -0.4 is 5.32 Å². The Morgan fingerprint density at radius 1 is 1.28 bits per heavy atom. The Labute approximate surface area is 185 Å². The molecule has 8 nitrogen and oxygen atoms in total. The molecule has 3 aromatic heterocycles. The number of aromatic amines is 1. The van der Waals surface area contributed by atoms with Crippen molar-refractivity contribution >= 4 is 22.6 Å². The SMILES string of the molecule is CC(C)n1cnnc1-c1cccc(NC(=O)c2cc3c(CCN(C)C)c[nH]c3cc2F)n1. The van der Waals surface area contributed by atoms with E-state index < -0.39 is 11.7 Å². The standard InChI is InChI=1S/C23H26FN7O/c1-14(2)31-13-26-29-22(31)19-6-5-7-21(27-19)28-23(32)17-10-16-15(8-9-30(3)4)12-25-20(16)11-18(17)24/h5-7,10-14,25H,8-9H2,1-4H3,(H,27,28,32). The molecule has 1 amide bonds. The van der Waals surface area contributed by atoms with Gasteiger partial charge in [0.15, 0.2) is 5.82 Å². The van der Waals surface area contributed by atoms with Gasteiger partial charge in [0.25, 0.3) is 5.91 Å². The van der Waals surface area contributed by atoms with E-state index in [0.717, 1.165) is 23.9 Å². The topological polar surface area (TPSA) is 91.7 Å². The van der Waals surface area contributed by atoms with Crippen molar-refractivity contribution in [1.29, 1.82) is 0 Å². The van der Waals surface area contributed by atoms with Crippen LogP contribution in [-0.4, -0.2) is 56.2 Å². The van der Waals surface area contributed by atoms with E-state index in [0.29, 0.717) is 22.9 Å². The maximum Gasteiger partial charge on any atom is 0.259 e. The number of rotatable bonds is 7. The largest absolute Gasteiger partial charge is 0.361 e. The van der Waals surface area contributed by atoms with E-state index in [1.165, 1.54) is 6.07 Å². The molecule has 1 aromatic carbocycles. The molecule has 0 radical (unpaired) electrons. The quantitative estimate of drug-likeness (QED) is 0.459. The van der Waals surface area contributed by atoms with Gasteiger partial charge in [-0.05, 0) is 64.2 Å². The van der Waals surface area contributed by atoms with Gasteiger partial charge in [-0.15, -0.1) is 10.2 Å². The highest BCUT2D eigenvalue weighted by molar-refractivity contribution is 6.06. The molecule has 0 saturated carbocycles. The molecule has 0 fully saturated rings. The summed E-state index contributed by atoms with van der Waals surface area (Å²) in [6.07, 6.45) is 4.30. The van der Waals surface area contributed by atoms with Gasteiger partial charge in [-0.2, -0.15) is 0 Å². The summed E-state index contributed by atoms with van der Waals surface area (Å²) in [5, 5.41) is 11.6. The Morgan fingerprint density at radius 2 is 2.09 bits per heavy atom. The van der Waals surface area contributed by atoms with Gasteiger partial charge in [-0.1, -0.05) is 6.07 Å². The number of halogens is 1. The number of carbonyl (C=O) groups is 1. The molecule has 9 heteroatoms. The van der Waals surface area contributed by atoms with Crippen LogP contribution in [0, 0.1) is 5.82 Å². The molecular weight excluding hydrogens is 409 g/mol. The highest BCUT2D eigenvalue weighted by Gasteiger charge is 2.17. The van der Waals surface area contributed by atoms with Gasteiger partial charge in [-0.3, -0.25) is 4.79 Å². The van der Waals surface area contributed by atoms with Crippen LogP contribution in [0.15, 0.2) is 42.9 Å². The third-order valence-corrected chi connectivity index (χ3v) is 5.28. The normalized spacial score (nSPS) is 11.6. The maximum atomic E-state index is 14.7. The number of nitrogens with one attached hydrogen (secondary N) is 2. The minimum Gasteiger partial charge on any atom is -0.361 e. The fraction of sp³-hybridized carbons (Fsp3) is 0.304. The van der Waals surface area contributed by atoms with Crippen molar-refractivity contribution in [3.05, 3.63) is 59.8 Å². The maximum absolute atomic E-state index is 14.7. The number of H-pyrrole nitrogens is 1. The molecule has 0 aliphatic rings. The second kappa shape index (κ2) is 8.88. The van der Waals surface area contributed by atoms with Crippen molar-refractivity contribution < 1.29 is 9.18 Å².